The van der Waals surface area contributed by atoms with E-state index in [9.17, 15) is 14.4 Å². The molecule has 4 aromatic rings. The van der Waals surface area contributed by atoms with Gasteiger partial charge >= 0.3 is 0 Å². The van der Waals surface area contributed by atoms with Gasteiger partial charge in [-0.25, -0.2) is 0 Å². The van der Waals surface area contributed by atoms with E-state index in [1.54, 1.807) is 105 Å². The Balaban J connectivity index is 1.45. The van der Waals surface area contributed by atoms with E-state index >= 15 is 0 Å². The average molecular weight is 651 g/mol. The molecule has 4 rings (SSSR count). The molecule has 0 aromatic heterocycles. The first kappa shape index (κ1) is 32.5. The maximum atomic E-state index is 13.3. The number of methoxy groups -OCH3 is 2. The summed E-state index contributed by atoms with van der Waals surface area (Å²) in [6.45, 7) is 1.79. The minimum absolute atomic E-state index is 0.0141. The fourth-order valence-corrected chi connectivity index (χ4v) is 5.27. The van der Waals surface area contributed by atoms with Gasteiger partial charge in [-0.05, 0) is 79.2 Å². The maximum Gasteiger partial charge on any atom is 0.272 e. The molecule has 44 heavy (non-hydrogen) atoms. The zero-order chi connectivity index (χ0) is 31.6. The number of halogens is 2. The Kier molecular flexibility index (Phi) is 11.3. The molecule has 0 aliphatic heterocycles. The molecule has 0 saturated heterocycles. The summed E-state index contributed by atoms with van der Waals surface area (Å²) in [5.41, 5.74) is 1.86. The van der Waals surface area contributed by atoms with Crippen LogP contribution >= 0.6 is 35.0 Å². The van der Waals surface area contributed by atoms with Crippen molar-refractivity contribution in [3.63, 3.8) is 0 Å². The lowest BCUT2D eigenvalue weighted by Gasteiger charge is -2.15. The second-order valence-corrected chi connectivity index (χ2v) is 11.6. The molecule has 1 unspecified atom stereocenters. The highest BCUT2D eigenvalue weighted by Gasteiger charge is 2.18. The minimum Gasteiger partial charge on any atom is -0.497 e. The van der Waals surface area contributed by atoms with Gasteiger partial charge in [0.1, 0.15) is 17.2 Å². The van der Waals surface area contributed by atoms with Gasteiger partial charge in [0.25, 0.3) is 11.8 Å². The van der Waals surface area contributed by atoms with Crippen LogP contribution < -0.4 is 25.4 Å². The minimum atomic E-state index is -0.555. The van der Waals surface area contributed by atoms with Crippen LogP contribution in [-0.4, -0.2) is 37.2 Å². The van der Waals surface area contributed by atoms with Gasteiger partial charge in [-0.15, -0.1) is 11.8 Å². The summed E-state index contributed by atoms with van der Waals surface area (Å²) in [6, 6.07) is 25.5. The Hall–Kier alpha value is -4.44. The lowest BCUT2D eigenvalue weighted by atomic mass is 10.1. The number of nitrogens with one attached hydrogen (secondary N) is 3. The van der Waals surface area contributed by atoms with E-state index in [4.69, 9.17) is 32.7 Å². The van der Waals surface area contributed by atoms with E-state index in [-0.39, 0.29) is 11.6 Å². The second kappa shape index (κ2) is 15.3. The molecule has 3 amide bonds. The van der Waals surface area contributed by atoms with Crippen molar-refractivity contribution in [1.82, 2.24) is 5.32 Å². The number of carbonyl (C=O) groups is 3. The van der Waals surface area contributed by atoms with Crippen LogP contribution in [0.15, 0.2) is 102 Å². The summed E-state index contributed by atoms with van der Waals surface area (Å²) in [5.74, 6) is -0.122. The highest BCUT2D eigenvalue weighted by molar-refractivity contribution is 8.00. The summed E-state index contributed by atoms with van der Waals surface area (Å²) in [4.78, 5) is 40.0. The first-order valence-electron chi connectivity index (χ1n) is 13.3. The molecule has 3 N–H and O–H groups in total. The molecule has 226 valence electrons. The zero-order valence-corrected chi connectivity index (χ0v) is 26.3. The molecule has 0 aliphatic carbocycles. The summed E-state index contributed by atoms with van der Waals surface area (Å²) >= 11 is 13.7. The Bertz CT molecular complexity index is 1680. The molecular formula is C33H29Cl2N3O5S. The van der Waals surface area contributed by atoms with Gasteiger partial charge in [0.05, 0.1) is 25.2 Å². The second-order valence-electron chi connectivity index (χ2n) is 9.34. The highest BCUT2D eigenvalue weighted by atomic mass is 35.5. The van der Waals surface area contributed by atoms with Crippen LogP contribution in [-0.2, 0) is 9.59 Å². The Morgan fingerprint density at radius 2 is 1.57 bits per heavy atom. The first-order valence-corrected chi connectivity index (χ1v) is 14.9. The molecule has 0 fully saturated rings. The molecule has 0 heterocycles. The van der Waals surface area contributed by atoms with Crippen LogP contribution in [0.5, 0.6) is 11.5 Å². The number of carbonyl (C=O) groups excluding carboxylic acids is 3. The summed E-state index contributed by atoms with van der Waals surface area (Å²) in [5, 5.41) is 8.68. The van der Waals surface area contributed by atoms with Crippen molar-refractivity contribution in [3.05, 3.63) is 118 Å². The van der Waals surface area contributed by atoms with Crippen LogP contribution in [0.25, 0.3) is 6.08 Å². The van der Waals surface area contributed by atoms with Gasteiger partial charge in [0.15, 0.2) is 0 Å². The maximum absolute atomic E-state index is 13.3. The summed E-state index contributed by atoms with van der Waals surface area (Å²) < 4.78 is 10.6. The van der Waals surface area contributed by atoms with Gasteiger partial charge < -0.3 is 25.4 Å². The number of amides is 3. The molecule has 0 spiro atoms. The molecule has 8 nitrogen and oxygen atoms in total. The van der Waals surface area contributed by atoms with Crippen molar-refractivity contribution in [3.8, 4) is 11.5 Å². The fraction of sp³-hybridized carbons (Fsp3) is 0.121. The van der Waals surface area contributed by atoms with Crippen molar-refractivity contribution in [2.24, 2.45) is 0 Å². The molecule has 0 bridgehead atoms. The number of thioether (sulfide) groups is 1. The lowest BCUT2D eigenvalue weighted by molar-refractivity contribution is -0.115. The van der Waals surface area contributed by atoms with Crippen molar-refractivity contribution in [2.45, 2.75) is 17.1 Å². The Morgan fingerprint density at radius 3 is 2.23 bits per heavy atom. The molecule has 0 radical (unpaired) electrons. The highest BCUT2D eigenvalue weighted by Crippen LogP contribution is 2.31. The smallest absolute Gasteiger partial charge is 0.272 e. The number of rotatable bonds is 11. The monoisotopic (exact) mass is 649 g/mol. The lowest BCUT2D eigenvalue weighted by Crippen LogP contribution is -2.30. The SMILES string of the molecule is COc1ccc(OC)c(NC(=O)C(C)Sc2ccc(NC(=O)/C(=C/c3ccc(Cl)cc3Cl)NC(=O)c3ccccc3)cc2)c1. The Morgan fingerprint density at radius 1 is 0.841 bits per heavy atom. The number of anilines is 2. The third kappa shape index (κ3) is 8.79. The summed E-state index contributed by atoms with van der Waals surface area (Å²) in [6.07, 6.45) is 1.48. The zero-order valence-electron chi connectivity index (χ0n) is 24.0. The number of benzene rings is 4. The number of hydrogen-bond acceptors (Lipinski definition) is 6. The van der Waals surface area contributed by atoms with E-state index in [1.165, 1.54) is 24.9 Å². The van der Waals surface area contributed by atoms with Gasteiger partial charge in [-0.2, -0.15) is 0 Å². The first-order chi connectivity index (χ1) is 21.2. The number of hydrogen-bond donors (Lipinski definition) is 3. The predicted octanol–water partition coefficient (Wildman–Crippen LogP) is 7.54. The van der Waals surface area contributed by atoms with Crippen LogP contribution in [0.2, 0.25) is 10.0 Å². The van der Waals surface area contributed by atoms with E-state index < -0.39 is 17.1 Å². The van der Waals surface area contributed by atoms with Crippen molar-refractivity contribution >= 4 is 70.1 Å². The fourth-order valence-electron chi connectivity index (χ4n) is 3.94. The predicted molar refractivity (Wildman–Crippen MR) is 177 cm³/mol. The average Bonchev–Trinajstić information content (AvgIpc) is 3.03. The largest absolute Gasteiger partial charge is 0.497 e. The summed E-state index contributed by atoms with van der Waals surface area (Å²) in [7, 11) is 3.07. The Labute approximate surface area is 269 Å². The standard InChI is InChI=1S/C33H29Cl2N3O5S/c1-20(31(39)37-28-19-25(42-2)13-16-30(28)43-3)44-26-14-11-24(12-15-26)36-33(41)29(17-22-9-10-23(34)18-27(22)35)38-32(40)21-7-5-4-6-8-21/h4-20H,1-3H3,(H,36,41)(H,37,39)(H,38,40)/b29-17-. The molecule has 0 aliphatic rings. The van der Waals surface area contributed by atoms with Crippen LogP contribution in [0.4, 0.5) is 11.4 Å². The van der Waals surface area contributed by atoms with Crippen LogP contribution in [0.3, 0.4) is 0 Å². The molecular weight excluding hydrogens is 621 g/mol. The third-order valence-electron chi connectivity index (χ3n) is 6.25. The molecule has 0 saturated carbocycles. The number of ether oxygens (including phenoxy) is 2. The van der Waals surface area contributed by atoms with Crippen LogP contribution in [0, 0.1) is 0 Å². The van der Waals surface area contributed by atoms with Gasteiger partial charge in [0.2, 0.25) is 5.91 Å². The molecule has 4 aromatic carbocycles. The van der Waals surface area contributed by atoms with Crippen molar-refractivity contribution in [2.75, 3.05) is 24.9 Å². The van der Waals surface area contributed by atoms with Crippen molar-refractivity contribution in [1.29, 1.82) is 0 Å². The van der Waals surface area contributed by atoms with E-state index in [0.717, 1.165) is 4.90 Å². The van der Waals surface area contributed by atoms with E-state index in [2.05, 4.69) is 16.0 Å². The normalized spacial score (nSPS) is 11.7. The molecule has 11 heteroatoms. The van der Waals surface area contributed by atoms with E-state index in [1.807, 2.05) is 0 Å². The van der Waals surface area contributed by atoms with Gasteiger partial charge in [-0.3, -0.25) is 14.4 Å². The third-order valence-corrected chi connectivity index (χ3v) is 7.92. The van der Waals surface area contributed by atoms with E-state index in [0.29, 0.717) is 44.0 Å². The van der Waals surface area contributed by atoms with Crippen LogP contribution in [0.1, 0.15) is 22.8 Å². The molecule has 1 atom stereocenters. The van der Waals surface area contributed by atoms with Gasteiger partial charge in [-0.1, -0.05) is 47.5 Å². The van der Waals surface area contributed by atoms with Gasteiger partial charge in [0, 0.05) is 32.3 Å². The quantitative estimate of drug-likeness (QED) is 0.114. The van der Waals surface area contributed by atoms with Crippen molar-refractivity contribution < 1.29 is 23.9 Å². The topological polar surface area (TPSA) is 106 Å².